The lowest BCUT2D eigenvalue weighted by Gasteiger charge is -2.39. The molecule has 0 bridgehead atoms. The van der Waals surface area contributed by atoms with Crippen molar-refractivity contribution < 1.29 is 4.79 Å². The van der Waals surface area contributed by atoms with Gasteiger partial charge in [-0.3, -0.25) is 9.69 Å². The van der Waals surface area contributed by atoms with Crippen molar-refractivity contribution in [3.8, 4) is 9.88 Å². The number of nitrogens with one attached hydrogen (secondary N) is 1. The summed E-state index contributed by atoms with van der Waals surface area (Å²) in [6, 6.07) is 4.41. The van der Waals surface area contributed by atoms with Crippen LogP contribution in [-0.4, -0.2) is 66.5 Å². The number of carbonyl (C=O) groups is 1. The molecule has 136 valence electrons. The zero-order valence-corrected chi connectivity index (χ0v) is 16.7. The second kappa shape index (κ2) is 8.40. The Kier molecular flexibility index (Phi) is 6.22. The summed E-state index contributed by atoms with van der Waals surface area (Å²) in [5.41, 5.74) is 0.522. The van der Waals surface area contributed by atoms with Crippen LogP contribution in [0.5, 0.6) is 0 Å². The number of thiophene rings is 1. The van der Waals surface area contributed by atoms with Gasteiger partial charge in [-0.1, -0.05) is 19.9 Å². The first-order valence-electron chi connectivity index (χ1n) is 8.75. The van der Waals surface area contributed by atoms with Gasteiger partial charge in [-0.05, 0) is 24.4 Å². The molecule has 0 radical (unpaired) electrons. The number of nitrogens with zero attached hydrogens (tertiary/aromatic N) is 3. The van der Waals surface area contributed by atoms with Gasteiger partial charge in [0.25, 0.3) is 5.91 Å². The van der Waals surface area contributed by atoms with Gasteiger partial charge in [-0.15, -0.1) is 22.7 Å². The molecule has 5 nitrogen and oxygen atoms in total. The van der Waals surface area contributed by atoms with Crippen molar-refractivity contribution in [3.05, 3.63) is 28.6 Å². The van der Waals surface area contributed by atoms with E-state index in [1.54, 1.807) is 11.3 Å². The Morgan fingerprint density at radius 1 is 1.28 bits per heavy atom. The minimum atomic E-state index is -0.0705. The van der Waals surface area contributed by atoms with E-state index >= 15 is 0 Å². The van der Waals surface area contributed by atoms with Gasteiger partial charge in [0.1, 0.15) is 10.7 Å². The number of carbonyl (C=O) groups excluding carboxylic acids is 1. The van der Waals surface area contributed by atoms with Crippen molar-refractivity contribution >= 4 is 28.6 Å². The van der Waals surface area contributed by atoms with Gasteiger partial charge < -0.3 is 10.2 Å². The number of likely N-dealkylation sites (N-methyl/N-ethyl adjacent to an activating group) is 1. The van der Waals surface area contributed by atoms with Crippen LogP contribution in [0.25, 0.3) is 9.88 Å². The highest BCUT2D eigenvalue weighted by Crippen LogP contribution is 2.27. The predicted molar refractivity (Wildman–Crippen MR) is 105 cm³/mol. The van der Waals surface area contributed by atoms with Gasteiger partial charge in [-0.2, -0.15) is 0 Å². The van der Waals surface area contributed by atoms with Crippen LogP contribution in [-0.2, 0) is 0 Å². The molecule has 1 fully saturated rings. The van der Waals surface area contributed by atoms with Crippen LogP contribution in [0, 0.1) is 5.92 Å². The summed E-state index contributed by atoms with van der Waals surface area (Å²) in [6.45, 7) is 9.44. The van der Waals surface area contributed by atoms with E-state index in [0.29, 0.717) is 24.2 Å². The molecular formula is C18H26N4OS2. The van der Waals surface area contributed by atoms with Crippen LogP contribution in [0.1, 0.15) is 24.3 Å². The Bertz CT molecular complexity index is 675. The fourth-order valence-electron chi connectivity index (χ4n) is 3.12. The number of thiazole rings is 1. The fourth-order valence-corrected chi connectivity index (χ4v) is 4.73. The van der Waals surface area contributed by atoms with E-state index in [1.165, 1.54) is 11.3 Å². The average molecular weight is 379 g/mol. The van der Waals surface area contributed by atoms with Gasteiger partial charge in [0.15, 0.2) is 0 Å². The van der Waals surface area contributed by atoms with Gasteiger partial charge in [0, 0.05) is 44.1 Å². The summed E-state index contributed by atoms with van der Waals surface area (Å²) in [7, 11) is 2.16. The third kappa shape index (κ3) is 4.67. The molecule has 7 heteroatoms. The maximum absolute atomic E-state index is 12.5. The molecule has 0 aliphatic carbocycles. The molecular weight excluding hydrogens is 352 g/mol. The van der Waals surface area contributed by atoms with Gasteiger partial charge in [0.05, 0.1) is 4.88 Å². The summed E-state index contributed by atoms with van der Waals surface area (Å²) in [4.78, 5) is 23.0. The molecule has 25 heavy (non-hydrogen) atoms. The molecule has 3 rings (SSSR count). The van der Waals surface area contributed by atoms with Crippen molar-refractivity contribution in [2.75, 3.05) is 39.8 Å². The average Bonchev–Trinajstić information content (AvgIpc) is 3.27. The summed E-state index contributed by atoms with van der Waals surface area (Å²) < 4.78 is 0. The Hall–Kier alpha value is -1.28. The van der Waals surface area contributed by atoms with Gasteiger partial charge in [-0.25, -0.2) is 4.98 Å². The highest BCUT2D eigenvalue weighted by Gasteiger charge is 2.25. The van der Waals surface area contributed by atoms with Crippen molar-refractivity contribution in [2.45, 2.75) is 19.9 Å². The highest BCUT2D eigenvalue weighted by molar-refractivity contribution is 7.20. The molecule has 0 saturated carbocycles. The van der Waals surface area contributed by atoms with Crippen LogP contribution in [0.15, 0.2) is 22.9 Å². The third-order valence-electron chi connectivity index (χ3n) is 4.72. The maximum Gasteiger partial charge on any atom is 0.270 e. The second-order valence-electron chi connectivity index (χ2n) is 6.88. The summed E-state index contributed by atoms with van der Waals surface area (Å²) in [6.07, 6.45) is 0. The summed E-state index contributed by atoms with van der Waals surface area (Å²) in [5, 5.41) is 7.90. The Balaban J connectivity index is 1.58. The fraction of sp³-hybridized carbons (Fsp3) is 0.556. The number of aromatic nitrogens is 1. The molecule has 1 unspecified atom stereocenters. The molecule has 1 saturated heterocycles. The first kappa shape index (κ1) is 18.5. The molecule has 1 aliphatic heterocycles. The van der Waals surface area contributed by atoms with E-state index in [2.05, 4.69) is 41.0 Å². The van der Waals surface area contributed by atoms with Gasteiger partial charge in [0.2, 0.25) is 0 Å². The zero-order chi connectivity index (χ0) is 17.8. The minimum Gasteiger partial charge on any atom is -0.349 e. The lowest BCUT2D eigenvalue weighted by Crippen LogP contribution is -2.54. The third-order valence-corrected chi connectivity index (χ3v) is 6.60. The maximum atomic E-state index is 12.5. The van der Waals surface area contributed by atoms with E-state index in [1.807, 2.05) is 22.9 Å². The molecule has 1 N–H and O–H groups in total. The van der Waals surface area contributed by atoms with Crippen molar-refractivity contribution in [1.82, 2.24) is 20.1 Å². The van der Waals surface area contributed by atoms with Gasteiger partial charge >= 0.3 is 0 Å². The van der Waals surface area contributed by atoms with Crippen LogP contribution in [0.3, 0.4) is 0 Å². The lowest BCUT2D eigenvalue weighted by atomic mass is 10.0. The molecule has 0 spiro atoms. The zero-order valence-electron chi connectivity index (χ0n) is 15.1. The molecule has 2 aromatic rings. The van der Waals surface area contributed by atoms with Crippen LogP contribution in [0.2, 0.25) is 0 Å². The normalized spacial score (nSPS) is 17.8. The first-order valence-corrected chi connectivity index (χ1v) is 10.5. The molecule has 0 aromatic carbocycles. The number of hydrogen-bond donors (Lipinski definition) is 1. The van der Waals surface area contributed by atoms with E-state index in [-0.39, 0.29) is 5.91 Å². The Morgan fingerprint density at radius 3 is 2.68 bits per heavy atom. The quantitative estimate of drug-likeness (QED) is 0.840. The molecule has 3 heterocycles. The van der Waals surface area contributed by atoms with E-state index < -0.39 is 0 Å². The Morgan fingerprint density at radius 2 is 2.04 bits per heavy atom. The molecule has 1 aliphatic rings. The molecule has 1 atom stereocenters. The summed E-state index contributed by atoms with van der Waals surface area (Å²) in [5.74, 6) is 0.430. The van der Waals surface area contributed by atoms with Crippen LogP contribution >= 0.6 is 22.7 Å². The number of rotatable bonds is 6. The summed E-state index contributed by atoms with van der Waals surface area (Å²) >= 11 is 3.17. The monoisotopic (exact) mass is 378 g/mol. The number of piperazine rings is 1. The Labute approximate surface area is 157 Å². The lowest BCUT2D eigenvalue weighted by molar-refractivity contribution is 0.0789. The standard InChI is InChI=1S/C18H26N4OS2/c1-13(2)15(22-8-6-21(3)7-9-22)11-19-17(23)14-12-25-18(20-14)16-5-4-10-24-16/h4-5,10,12-13,15H,6-9,11H2,1-3H3,(H,19,23). The van der Waals surface area contributed by atoms with E-state index in [9.17, 15) is 4.79 Å². The smallest absolute Gasteiger partial charge is 0.270 e. The molecule has 1 amide bonds. The minimum absolute atomic E-state index is 0.0705. The SMILES string of the molecule is CC(C)C(CNC(=O)c1csc(-c2cccs2)n1)N1CCN(C)CC1. The van der Waals surface area contributed by atoms with E-state index in [0.717, 1.165) is 36.1 Å². The van der Waals surface area contributed by atoms with Crippen LogP contribution in [0.4, 0.5) is 0 Å². The van der Waals surface area contributed by atoms with Crippen molar-refractivity contribution in [1.29, 1.82) is 0 Å². The highest BCUT2D eigenvalue weighted by atomic mass is 32.1. The van der Waals surface area contributed by atoms with Crippen molar-refractivity contribution in [2.24, 2.45) is 5.92 Å². The van der Waals surface area contributed by atoms with E-state index in [4.69, 9.17) is 0 Å². The predicted octanol–water partition coefficient (Wildman–Crippen LogP) is 2.87. The first-order chi connectivity index (χ1) is 12.0. The topological polar surface area (TPSA) is 48.5 Å². The largest absolute Gasteiger partial charge is 0.349 e. The second-order valence-corrected chi connectivity index (χ2v) is 8.68. The van der Waals surface area contributed by atoms with Crippen molar-refractivity contribution in [3.63, 3.8) is 0 Å². The molecule has 2 aromatic heterocycles. The number of hydrogen-bond acceptors (Lipinski definition) is 6. The number of amides is 1. The van der Waals surface area contributed by atoms with Crippen LogP contribution < -0.4 is 5.32 Å².